The van der Waals surface area contributed by atoms with Crippen molar-refractivity contribution in [3.05, 3.63) is 47.0 Å². The van der Waals surface area contributed by atoms with Crippen molar-refractivity contribution >= 4 is 11.4 Å². The molecule has 0 unspecified atom stereocenters. The molecule has 5 nitrogen and oxygen atoms in total. The fraction of sp³-hybridized carbons (Fsp3) is 0.278. The maximum atomic E-state index is 6.17. The predicted molar refractivity (Wildman–Crippen MR) is 91.2 cm³/mol. The van der Waals surface area contributed by atoms with Crippen LogP contribution < -0.4 is 19.9 Å². The van der Waals surface area contributed by atoms with E-state index in [1.165, 1.54) is 5.56 Å². The molecule has 0 saturated heterocycles. The molecule has 1 aliphatic rings. The molecule has 2 aromatic rings. The van der Waals surface area contributed by atoms with Gasteiger partial charge in [0.25, 0.3) is 0 Å². The molecule has 0 amide bonds. The van der Waals surface area contributed by atoms with Crippen LogP contribution in [0.1, 0.15) is 16.7 Å². The Morgan fingerprint density at radius 2 is 1.65 bits per heavy atom. The van der Waals surface area contributed by atoms with E-state index in [2.05, 4.69) is 0 Å². The summed E-state index contributed by atoms with van der Waals surface area (Å²) in [7, 11) is 4.91. The average Bonchev–Trinajstić information content (AvgIpc) is 2.60. The van der Waals surface area contributed by atoms with Gasteiger partial charge in [-0.05, 0) is 42.3 Å². The number of nitrogen functional groups attached to an aromatic ring is 1. The first-order chi connectivity index (χ1) is 11.2. The Hall–Kier alpha value is -2.69. The zero-order chi connectivity index (χ0) is 16.4. The third kappa shape index (κ3) is 2.70. The van der Waals surface area contributed by atoms with Crippen LogP contribution in [0.3, 0.4) is 0 Å². The first-order valence-corrected chi connectivity index (χ1v) is 7.41. The molecule has 0 aromatic heterocycles. The van der Waals surface area contributed by atoms with Crippen molar-refractivity contribution < 1.29 is 14.2 Å². The lowest BCUT2D eigenvalue weighted by atomic mass is 9.92. The molecular weight excluding hydrogens is 292 g/mol. The quantitative estimate of drug-likeness (QED) is 0.882. The number of fused-ring (bicyclic) bond motifs is 1. The van der Waals surface area contributed by atoms with Crippen molar-refractivity contribution in [3.8, 4) is 17.2 Å². The van der Waals surface area contributed by atoms with Crippen LogP contribution in [0.5, 0.6) is 17.2 Å². The zero-order valence-electron chi connectivity index (χ0n) is 13.6. The van der Waals surface area contributed by atoms with Crippen LogP contribution in [0, 0.1) is 0 Å². The molecule has 0 aliphatic carbocycles. The van der Waals surface area contributed by atoms with E-state index in [4.69, 9.17) is 24.9 Å². The van der Waals surface area contributed by atoms with Gasteiger partial charge in [0.2, 0.25) is 0 Å². The Kier molecular flexibility index (Phi) is 4.10. The Balaban J connectivity index is 2.16. The van der Waals surface area contributed by atoms with E-state index in [0.717, 1.165) is 34.8 Å². The largest absolute Gasteiger partial charge is 0.497 e. The Bertz CT molecular complexity index is 769. The van der Waals surface area contributed by atoms with Crippen LogP contribution in [0.2, 0.25) is 0 Å². The van der Waals surface area contributed by atoms with Crippen LogP contribution >= 0.6 is 0 Å². The van der Waals surface area contributed by atoms with Gasteiger partial charge in [-0.2, -0.15) is 0 Å². The topological polar surface area (TPSA) is 66.1 Å². The van der Waals surface area contributed by atoms with Crippen molar-refractivity contribution in [1.29, 1.82) is 0 Å². The summed E-state index contributed by atoms with van der Waals surface area (Å²) in [4.78, 5) is 4.69. The molecule has 0 atom stereocenters. The van der Waals surface area contributed by atoms with E-state index in [0.29, 0.717) is 18.0 Å². The fourth-order valence-corrected chi connectivity index (χ4v) is 2.82. The van der Waals surface area contributed by atoms with E-state index in [1.807, 2.05) is 30.3 Å². The van der Waals surface area contributed by atoms with Gasteiger partial charge in [0.05, 0.1) is 27.0 Å². The normalized spacial score (nSPS) is 13.1. The highest BCUT2D eigenvalue weighted by molar-refractivity contribution is 6.17. The van der Waals surface area contributed by atoms with Gasteiger partial charge in [-0.3, -0.25) is 4.99 Å². The number of aliphatic imine (C=N–C) groups is 1. The lowest BCUT2D eigenvalue weighted by Gasteiger charge is -2.21. The number of nitrogens with zero attached hydrogens (tertiary/aromatic N) is 1. The number of rotatable bonds is 4. The maximum Gasteiger partial charge on any atom is 0.161 e. The Morgan fingerprint density at radius 1 is 0.913 bits per heavy atom. The molecule has 0 saturated carbocycles. The van der Waals surface area contributed by atoms with Crippen LogP contribution in [0.4, 0.5) is 5.69 Å². The zero-order valence-corrected chi connectivity index (χ0v) is 13.6. The summed E-state index contributed by atoms with van der Waals surface area (Å²) in [6.45, 7) is 0.717. The number of anilines is 1. The van der Waals surface area contributed by atoms with Crippen molar-refractivity contribution in [2.45, 2.75) is 6.42 Å². The number of methoxy groups -OCH3 is 3. The smallest absolute Gasteiger partial charge is 0.161 e. The predicted octanol–water partition coefficient (Wildman–Crippen LogP) is 2.69. The number of hydrogen-bond donors (Lipinski definition) is 1. The van der Waals surface area contributed by atoms with Crippen molar-refractivity contribution in [3.63, 3.8) is 0 Å². The molecule has 2 N–H and O–H groups in total. The maximum absolute atomic E-state index is 6.17. The second kappa shape index (κ2) is 6.20. The molecular formula is C18H20N2O3. The van der Waals surface area contributed by atoms with E-state index in [9.17, 15) is 0 Å². The van der Waals surface area contributed by atoms with Crippen molar-refractivity contribution in [2.75, 3.05) is 33.6 Å². The SMILES string of the molecule is COc1ccc(N)c(C2=NCCc3cc(OC)c(OC)cc32)c1. The van der Waals surface area contributed by atoms with E-state index >= 15 is 0 Å². The van der Waals surface area contributed by atoms with Crippen molar-refractivity contribution in [1.82, 2.24) is 0 Å². The third-order valence-electron chi connectivity index (χ3n) is 4.03. The molecule has 120 valence electrons. The second-order valence-electron chi connectivity index (χ2n) is 5.30. The summed E-state index contributed by atoms with van der Waals surface area (Å²) in [6.07, 6.45) is 0.864. The highest BCUT2D eigenvalue weighted by atomic mass is 16.5. The molecule has 23 heavy (non-hydrogen) atoms. The van der Waals surface area contributed by atoms with E-state index in [-0.39, 0.29) is 0 Å². The average molecular weight is 312 g/mol. The minimum absolute atomic E-state index is 0.673. The summed E-state index contributed by atoms with van der Waals surface area (Å²) in [5.41, 5.74) is 10.8. The number of nitrogens with two attached hydrogens (primary N) is 1. The summed E-state index contributed by atoms with van der Waals surface area (Å²) in [6, 6.07) is 9.58. The standard InChI is InChI=1S/C18H20N2O3/c1-21-12-4-5-15(19)14(9-12)18-13-10-17(23-3)16(22-2)8-11(13)6-7-20-18/h4-5,8-10H,6-7,19H2,1-3H3. The monoisotopic (exact) mass is 312 g/mol. The molecule has 0 bridgehead atoms. The first-order valence-electron chi connectivity index (χ1n) is 7.41. The number of benzene rings is 2. The number of ether oxygens (including phenoxy) is 3. The van der Waals surface area contributed by atoms with Crippen LogP contribution in [-0.4, -0.2) is 33.6 Å². The van der Waals surface area contributed by atoms with Crippen molar-refractivity contribution in [2.24, 2.45) is 4.99 Å². The van der Waals surface area contributed by atoms with Crippen LogP contribution in [0.15, 0.2) is 35.3 Å². The number of hydrogen-bond acceptors (Lipinski definition) is 5. The summed E-state index contributed by atoms with van der Waals surface area (Å²) >= 11 is 0. The molecule has 1 heterocycles. The van der Waals surface area contributed by atoms with Crippen LogP contribution in [0.25, 0.3) is 0 Å². The lowest BCUT2D eigenvalue weighted by Crippen LogP contribution is -2.16. The van der Waals surface area contributed by atoms with Gasteiger partial charge in [0.15, 0.2) is 11.5 Å². The molecule has 0 radical (unpaired) electrons. The molecule has 3 rings (SSSR count). The van der Waals surface area contributed by atoms with Gasteiger partial charge < -0.3 is 19.9 Å². The van der Waals surface area contributed by atoms with Crippen LogP contribution in [-0.2, 0) is 6.42 Å². The molecule has 2 aromatic carbocycles. The van der Waals surface area contributed by atoms with Gasteiger partial charge in [0.1, 0.15) is 5.75 Å². The highest BCUT2D eigenvalue weighted by Crippen LogP contribution is 2.35. The minimum atomic E-state index is 0.673. The van der Waals surface area contributed by atoms with Gasteiger partial charge in [-0.15, -0.1) is 0 Å². The summed E-state index contributed by atoms with van der Waals surface area (Å²) in [5.74, 6) is 2.16. The highest BCUT2D eigenvalue weighted by Gasteiger charge is 2.21. The second-order valence-corrected chi connectivity index (χ2v) is 5.30. The minimum Gasteiger partial charge on any atom is -0.497 e. The van der Waals surface area contributed by atoms with E-state index < -0.39 is 0 Å². The first kappa shape index (κ1) is 15.2. The molecule has 0 spiro atoms. The molecule has 1 aliphatic heterocycles. The van der Waals surface area contributed by atoms with Gasteiger partial charge in [0, 0.05) is 23.4 Å². The lowest BCUT2D eigenvalue weighted by molar-refractivity contribution is 0.354. The molecule has 5 heteroatoms. The van der Waals surface area contributed by atoms with Gasteiger partial charge in [-0.25, -0.2) is 0 Å². The molecule has 0 fully saturated rings. The van der Waals surface area contributed by atoms with Gasteiger partial charge >= 0.3 is 0 Å². The Morgan fingerprint density at radius 3 is 2.35 bits per heavy atom. The third-order valence-corrected chi connectivity index (χ3v) is 4.03. The summed E-state index contributed by atoms with van der Waals surface area (Å²) < 4.78 is 16.1. The summed E-state index contributed by atoms with van der Waals surface area (Å²) in [5, 5.41) is 0. The van der Waals surface area contributed by atoms with Gasteiger partial charge in [-0.1, -0.05) is 0 Å². The fourth-order valence-electron chi connectivity index (χ4n) is 2.82. The Labute approximate surface area is 135 Å². The van der Waals surface area contributed by atoms with E-state index in [1.54, 1.807) is 21.3 Å².